The van der Waals surface area contributed by atoms with E-state index in [4.69, 9.17) is 0 Å². The minimum Gasteiger partial charge on any atom is -0.207 e. The monoisotopic (exact) mass is 339 g/mol. The van der Waals surface area contributed by atoms with Crippen molar-refractivity contribution >= 4 is 26.0 Å². The molecule has 19 heavy (non-hydrogen) atoms. The van der Waals surface area contributed by atoms with Crippen LogP contribution in [-0.4, -0.2) is 8.42 Å². The summed E-state index contributed by atoms with van der Waals surface area (Å²) in [5.41, 5.74) is 0.905. The van der Waals surface area contributed by atoms with Crippen LogP contribution in [0.1, 0.15) is 18.5 Å². The molecule has 1 atom stereocenters. The van der Waals surface area contributed by atoms with Gasteiger partial charge in [0.1, 0.15) is 0 Å². The van der Waals surface area contributed by atoms with Gasteiger partial charge in [-0.2, -0.15) is 0 Å². The van der Waals surface area contributed by atoms with Gasteiger partial charge in [0.05, 0.1) is 4.90 Å². The smallest absolute Gasteiger partial charge is 0.207 e. The molecule has 0 heterocycles. The van der Waals surface area contributed by atoms with E-state index >= 15 is 0 Å². The van der Waals surface area contributed by atoms with Crippen molar-refractivity contribution in [1.29, 1.82) is 0 Å². The second-order valence-electron chi connectivity index (χ2n) is 4.18. The topological polar surface area (TPSA) is 46.2 Å². The van der Waals surface area contributed by atoms with Crippen LogP contribution in [0.15, 0.2) is 64.0 Å². The van der Waals surface area contributed by atoms with Crippen LogP contribution in [0.3, 0.4) is 0 Å². The highest BCUT2D eigenvalue weighted by molar-refractivity contribution is 9.10. The molecule has 2 aromatic rings. The highest BCUT2D eigenvalue weighted by Crippen LogP contribution is 2.24. The Kier molecular flexibility index (Phi) is 4.39. The lowest BCUT2D eigenvalue weighted by Crippen LogP contribution is -2.27. The fourth-order valence-electron chi connectivity index (χ4n) is 1.79. The van der Waals surface area contributed by atoms with E-state index in [0.29, 0.717) is 0 Å². The van der Waals surface area contributed by atoms with Gasteiger partial charge in [-0.05, 0) is 30.7 Å². The van der Waals surface area contributed by atoms with Gasteiger partial charge < -0.3 is 0 Å². The van der Waals surface area contributed by atoms with Crippen molar-refractivity contribution in [2.75, 3.05) is 0 Å². The third-order valence-corrected chi connectivity index (χ3v) is 5.04. The summed E-state index contributed by atoms with van der Waals surface area (Å²) in [7, 11) is -3.50. The lowest BCUT2D eigenvalue weighted by molar-refractivity contribution is 0.566. The molecule has 0 amide bonds. The van der Waals surface area contributed by atoms with Crippen LogP contribution in [0.25, 0.3) is 0 Å². The van der Waals surface area contributed by atoms with Crippen molar-refractivity contribution in [2.24, 2.45) is 0 Å². The number of hydrogen-bond donors (Lipinski definition) is 1. The molecule has 0 saturated carbocycles. The lowest BCUT2D eigenvalue weighted by atomic mass is 10.1. The van der Waals surface area contributed by atoms with Gasteiger partial charge in [0, 0.05) is 10.5 Å². The maximum Gasteiger partial charge on any atom is 0.241 e. The van der Waals surface area contributed by atoms with Crippen molar-refractivity contribution in [2.45, 2.75) is 17.9 Å². The van der Waals surface area contributed by atoms with Crippen molar-refractivity contribution in [1.82, 2.24) is 4.72 Å². The minimum absolute atomic E-state index is 0.272. The van der Waals surface area contributed by atoms with Gasteiger partial charge in [-0.15, -0.1) is 0 Å². The van der Waals surface area contributed by atoms with E-state index in [2.05, 4.69) is 20.7 Å². The average Bonchev–Trinajstić information content (AvgIpc) is 2.39. The van der Waals surface area contributed by atoms with Gasteiger partial charge in [0.15, 0.2) is 0 Å². The Morgan fingerprint density at radius 1 is 1.00 bits per heavy atom. The summed E-state index contributed by atoms with van der Waals surface area (Å²) in [6.07, 6.45) is 0. The van der Waals surface area contributed by atoms with E-state index in [-0.39, 0.29) is 10.9 Å². The number of nitrogens with one attached hydrogen (secondary N) is 1. The molecule has 1 N–H and O–H groups in total. The first-order valence-electron chi connectivity index (χ1n) is 5.82. The highest BCUT2D eigenvalue weighted by Gasteiger charge is 2.18. The summed E-state index contributed by atoms with van der Waals surface area (Å²) >= 11 is 3.43. The van der Waals surface area contributed by atoms with Crippen molar-refractivity contribution in [3.63, 3.8) is 0 Å². The van der Waals surface area contributed by atoms with Crippen molar-refractivity contribution < 1.29 is 8.42 Å². The van der Waals surface area contributed by atoms with Crippen LogP contribution in [0.5, 0.6) is 0 Å². The second kappa shape index (κ2) is 5.86. The van der Waals surface area contributed by atoms with E-state index < -0.39 is 10.0 Å². The predicted octanol–water partition coefficient (Wildman–Crippen LogP) is 3.49. The summed E-state index contributed by atoms with van der Waals surface area (Å²) in [5.74, 6) is 0. The molecule has 0 aliphatic heterocycles. The number of rotatable bonds is 4. The van der Waals surface area contributed by atoms with Crippen LogP contribution >= 0.6 is 15.9 Å². The van der Waals surface area contributed by atoms with E-state index in [0.717, 1.165) is 10.0 Å². The normalized spacial score (nSPS) is 13.2. The Labute approximate surface area is 121 Å². The fourth-order valence-corrected chi connectivity index (χ4v) is 3.66. The summed E-state index contributed by atoms with van der Waals surface area (Å²) in [6.45, 7) is 1.82. The van der Waals surface area contributed by atoms with E-state index in [1.54, 1.807) is 30.3 Å². The molecule has 2 rings (SSSR count). The molecule has 0 spiro atoms. The molecule has 5 heteroatoms. The van der Waals surface area contributed by atoms with E-state index in [1.165, 1.54) is 0 Å². The number of hydrogen-bond acceptors (Lipinski definition) is 2. The summed E-state index contributed by atoms with van der Waals surface area (Å²) in [5, 5.41) is 0. The standard InChI is InChI=1S/C14H14BrNO2S/c1-11(13-9-5-6-10-14(13)15)16-19(17,18)12-7-3-2-4-8-12/h2-11,16H,1H3. The molecule has 0 aliphatic carbocycles. The Hall–Kier alpha value is -1.17. The lowest BCUT2D eigenvalue weighted by Gasteiger charge is -2.16. The number of sulfonamides is 1. The molecule has 0 aliphatic rings. The first-order valence-corrected chi connectivity index (χ1v) is 8.10. The maximum absolute atomic E-state index is 12.2. The zero-order valence-corrected chi connectivity index (χ0v) is 12.8. The Morgan fingerprint density at radius 2 is 1.58 bits per heavy atom. The van der Waals surface area contributed by atoms with E-state index in [1.807, 2.05) is 31.2 Å². The third kappa shape index (κ3) is 3.43. The van der Waals surface area contributed by atoms with Gasteiger partial charge in [-0.25, -0.2) is 13.1 Å². The molecular weight excluding hydrogens is 326 g/mol. The summed E-state index contributed by atoms with van der Waals surface area (Å²) in [4.78, 5) is 0.272. The molecule has 0 radical (unpaired) electrons. The molecule has 100 valence electrons. The molecule has 1 unspecified atom stereocenters. The van der Waals surface area contributed by atoms with Gasteiger partial charge in [-0.1, -0.05) is 52.3 Å². The van der Waals surface area contributed by atoms with Crippen LogP contribution in [0, 0.1) is 0 Å². The van der Waals surface area contributed by atoms with E-state index in [9.17, 15) is 8.42 Å². The highest BCUT2D eigenvalue weighted by atomic mass is 79.9. The van der Waals surface area contributed by atoms with Gasteiger partial charge >= 0.3 is 0 Å². The third-order valence-electron chi connectivity index (χ3n) is 2.76. The summed E-state index contributed by atoms with van der Waals surface area (Å²) in [6, 6.07) is 15.6. The fraction of sp³-hybridized carbons (Fsp3) is 0.143. The van der Waals surface area contributed by atoms with Crippen LogP contribution in [-0.2, 0) is 10.0 Å². The van der Waals surface area contributed by atoms with Gasteiger partial charge in [0.25, 0.3) is 0 Å². The number of benzene rings is 2. The first-order chi connectivity index (χ1) is 9.00. The van der Waals surface area contributed by atoms with Crippen LogP contribution < -0.4 is 4.72 Å². The Balaban J connectivity index is 2.24. The molecule has 3 nitrogen and oxygen atoms in total. The predicted molar refractivity (Wildman–Crippen MR) is 79.3 cm³/mol. The molecule has 0 bridgehead atoms. The average molecular weight is 340 g/mol. The minimum atomic E-state index is -3.50. The Morgan fingerprint density at radius 3 is 2.21 bits per heavy atom. The van der Waals surface area contributed by atoms with Crippen molar-refractivity contribution in [3.8, 4) is 0 Å². The second-order valence-corrected chi connectivity index (χ2v) is 6.75. The molecule has 0 aromatic heterocycles. The molecule has 2 aromatic carbocycles. The molecule has 0 fully saturated rings. The van der Waals surface area contributed by atoms with Gasteiger partial charge in [-0.3, -0.25) is 0 Å². The van der Waals surface area contributed by atoms with Crippen molar-refractivity contribution in [3.05, 3.63) is 64.6 Å². The Bertz CT molecular complexity index is 656. The SMILES string of the molecule is CC(NS(=O)(=O)c1ccccc1)c1ccccc1Br. The largest absolute Gasteiger partial charge is 0.241 e. The van der Waals surface area contributed by atoms with Crippen LogP contribution in [0.2, 0.25) is 0 Å². The molecule has 0 saturated heterocycles. The number of halogens is 1. The van der Waals surface area contributed by atoms with Crippen LogP contribution in [0.4, 0.5) is 0 Å². The maximum atomic E-state index is 12.2. The quantitative estimate of drug-likeness (QED) is 0.926. The zero-order valence-electron chi connectivity index (χ0n) is 10.4. The van der Waals surface area contributed by atoms with Gasteiger partial charge in [0.2, 0.25) is 10.0 Å². The summed E-state index contributed by atoms with van der Waals surface area (Å²) < 4.78 is 28.0. The first kappa shape index (κ1) is 14.2. The zero-order chi connectivity index (χ0) is 13.9. The molecular formula is C14H14BrNO2S.